The number of ether oxygens (including phenoxy) is 1. The van der Waals surface area contributed by atoms with E-state index in [0.717, 1.165) is 18.6 Å². The zero-order valence-electron chi connectivity index (χ0n) is 9.44. The van der Waals surface area contributed by atoms with Crippen LogP contribution in [0, 0.1) is 11.3 Å². The Labute approximate surface area is 96.2 Å². The molecular formula is C14H15NO. The van der Waals surface area contributed by atoms with Crippen LogP contribution in [0.2, 0.25) is 0 Å². The molecule has 2 nitrogen and oxygen atoms in total. The van der Waals surface area contributed by atoms with Crippen molar-refractivity contribution >= 4 is 0 Å². The van der Waals surface area contributed by atoms with Gasteiger partial charge in [0.05, 0.1) is 13.2 Å². The zero-order valence-corrected chi connectivity index (χ0v) is 9.44. The SMILES string of the molecule is COc1ccc2c(c1)C(C=CC#N)CCC2. The Morgan fingerprint density at radius 2 is 2.38 bits per heavy atom. The van der Waals surface area contributed by atoms with Crippen molar-refractivity contribution in [2.75, 3.05) is 7.11 Å². The monoisotopic (exact) mass is 213 g/mol. The van der Waals surface area contributed by atoms with Gasteiger partial charge >= 0.3 is 0 Å². The molecule has 1 unspecified atom stereocenters. The topological polar surface area (TPSA) is 33.0 Å². The summed E-state index contributed by atoms with van der Waals surface area (Å²) in [7, 11) is 1.69. The summed E-state index contributed by atoms with van der Waals surface area (Å²) in [6, 6.07) is 8.31. The summed E-state index contributed by atoms with van der Waals surface area (Å²) in [4.78, 5) is 0. The van der Waals surface area contributed by atoms with Crippen LogP contribution in [0.3, 0.4) is 0 Å². The quantitative estimate of drug-likeness (QED) is 0.707. The van der Waals surface area contributed by atoms with E-state index < -0.39 is 0 Å². The van der Waals surface area contributed by atoms with Gasteiger partial charge in [-0.1, -0.05) is 12.1 Å². The second-order valence-electron chi connectivity index (χ2n) is 4.05. The Balaban J connectivity index is 2.36. The van der Waals surface area contributed by atoms with Crippen molar-refractivity contribution in [3.63, 3.8) is 0 Å². The van der Waals surface area contributed by atoms with Gasteiger partial charge in [-0.2, -0.15) is 5.26 Å². The van der Waals surface area contributed by atoms with E-state index >= 15 is 0 Å². The van der Waals surface area contributed by atoms with Gasteiger partial charge in [0, 0.05) is 12.0 Å². The highest BCUT2D eigenvalue weighted by molar-refractivity contribution is 5.41. The van der Waals surface area contributed by atoms with Crippen LogP contribution in [0.5, 0.6) is 5.75 Å². The first-order valence-electron chi connectivity index (χ1n) is 5.58. The normalized spacial score (nSPS) is 19.1. The molecule has 2 rings (SSSR count). The van der Waals surface area contributed by atoms with Crippen molar-refractivity contribution < 1.29 is 4.74 Å². The number of benzene rings is 1. The van der Waals surface area contributed by atoms with E-state index in [1.54, 1.807) is 13.2 Å². The highest BCUT2D eigenvalue weighted by atomic mass is 16.5. The molecule has 1 atom stereocenters. The van der Waals surface area contributed by atoms with E-state index in [-0.39, 0.29) is 0 Å². The molecule has 1 aliphatic rings. The highest BCUT2D eigenvalue weighted by Crippen LogP contribution is 2.34. The molecule has 0 saturated heterocycles. The molecule has 0 aromatic heterocycles. The van der Waals surface area contributed by atoms with Gasteiger partial charge in [0.25, 0.3) is 0 Å². The maximum absolute atomic E-state index is 8.58. The summed E-state index contributed by atoms with van der Waals surface area (Å²) in [5.74, 6) is 1.27. The minimum atomic E-state index is 0.374. The number of nitrogens with zero attached hydrogens (tertiary/aromatic N) is 1. The van der Waals surface area contributed by atoms with Gasteiger partial charge in [0.15, 0.2) is 0 Å². The smallest absolute Gasteiger partial charge is 0.119 e. The van der Waals surface area contributed by atoms with Crippen LogP contribution in [0.25, 0.3) is 0 Å². The van der Waals surface area contributed by atoms with E-state index in [4.69, 9.17) is 10.00 Å². The number of fused-ring (bicyclic) bond motifs is 1. The molecule has 0 saturated carbocycles. The summed E-state index contributed by atoms with van der Waals surface area (Å²) in [6.07, 6.45) is 7.03. The summed E-state index contributed by atoms with van der Waals surface area (Å²) >= 11 is 0. The predicted octanol–water partition coefficient (Wildman–Crippen LogP) is 3.19. The number of hydrogen-bond acceptors (Lipinski definition) is 2. The second kappa shape index (κ2) is 4.85. The number of aryl methyl sites for hydroxylation is 1. The maximum atomic E-state index is 8.58. The Morgan fingerprint density at radius 3 is 3.12 bits per heavy atom. The lowest BCUT2D eigenvalue weighted by molar-refractivity contribution is 0.413. The summed E-state index contributed by atoms with van der Waals surface area (Å²) < 4.78 is 5.24. The van der Waals surface area contributed by atoms with Gasteiger partial charge in [-0.05, 0) is 42.5 Å². The number of nitriles is 1. The van der Waals surface area contributed by atoms with Crippen LogP contribution in [0.15, 0.2) is 30.4 Å². The Morgan fingerprint density at radius 1 is 1.50 bits per heavy atom. The Hall–Kier alpha value is -1.75. The Kier molecular flexibility index (Phi) is 3.26. The van der Waals surface area contributed by atoms with Crippen molar-refractivity contribution in [1.29, 1.82) is 5.26 Å². The molecule has 1 aromatic rings. The summed E-state index contributed by atoms with van der Waals surface area (Å²) in [5.41, 5.74) is 2.71. The van der Waals surface area contributed by atoms with E-state index in [2.05, 4.69) is 18.2 Å². The van der Waals surface area contributed by atoms with Crippen molar-refractivity contribution in [3.05, 3.63) is 41.5 Å². The van der Waals surface area contributed by atoms with Crippen molar-refractivity contribution in [2.24, 2.45) is 0 Å². The average Bonchev–Trinajstić information content (AvgIpc) is 2.35. The third kappa shape index (κ3) is 2.09. The van der Waals surface area contributed by atoms with Gasteiger partial charge in [-0.3, -0.25) is 0 Å². The fraction of sp³-hybridized carbons (Fsp3) is 0.357. The van der Waals surface area contributed by atoms with Crippen LogP contribution in [-0.4, -0.2) is 7.11 Å². The van der Waals surface area contributed by atoms with Crippen molar-refractivity contribution in [1.82, 2.24) is 0 Å². The fourth-order valence-electron chi connectivity index (χ4n) is 2.30. The molecule has 0 heterocycles. The first kappa shape index (κ1) is 10.8. The van der Waals surface area contributed by atoms with E-state index in [0.29, 0.717) is 5.92 Å². The largest absolute Gasteiger partial charge is 0.497 e. The second-order valence-corrected chi connectivity index (χ2v) is 4.05. The molecule has 2 heteroatoms. The number of rotatable bonds is 2. The Bertz CT molecular complexity index is 443. The molecule has 0 N–H and O–H groups in total. The zero-order chi connectivity index (χ0) is 11.4. The minimum Gasteiger partial charge on any atom is -0.497 e. The lowest BCUT2D eigenvalue weighted by atomic mass is 9.82. The molecule has 0 radical (unpaired) electrons. The molecule has 0 aliphatic heterocycles. The van der Waals surface area contributed by atoms with Crippen LogP contribution >= 0.6 is 0 Å². The molecule has 16 heavy (non-hydrogen) atoms. The van der Waals surface area contributed by atoms with Gasteiger partial charge in [0.2, 0.25) is 0 Å². The number of methoxy groups -OCH3 is 1. The first-order chi connectivity index (χ1) is 7.85. The first-order valence-corrected chi connectivity index (χ1v) is 5.58. The van der Waals surface area contributed by atoms with Crippen LogP contribution in [-0.2, 0) is 6.42 Å². The average molecular weight is 213 g/mol. The molecule has 0 amide bonds. The highest BCUT2D eigenvalue weighted by Gasteiger charge is 2.18. The van der Waals surface area contributed by atoms with Gasteiger partial charge in [0.1, 0.15) is 5.75 Å². The van der Waals surface area contributed by atoms with Crippen LogP contribution in [0.1, 0.15) is 29.9 Å². The summed E-state index contributed by atoms with van der Waals surface area (Å²) in [6.45, 7) is 0. The third-order valence-electron chi connectivity index (χ3n) is 3.12. The van der Waals surface area contributed by atoms with Crippen molar-refractivity contribution in [2.45, 2.75) is 25.2 Å². The van der Waals surface area contributed by atoms with Crippen molar-refractivity contribution in [3.8, 4) is 11.8 Å². The molecule has 82 valence electrons. The van der Waals surface area contributed by atoms with Crippen LogP contribution < -0.4 is 4.74 Å². The number of hydrogen-bond donors (Lipinski definition) is 0. The molecule has 0 fully saturated rings. The predicted molar refractivity (Wildman–Crippen MR) is 63.4 cm³/mol. The van der Waals surface area contributed by atoms with Crippen LogP contribution in [0.4, 0.5) is 0 Å². The van der Waals surface area contributed by atoms with Gasteiger partial charge in [-0.15, -0.1) is 0 Å². The molecule has 1 aliphatic carbocycles. The van der Waals surface area contributed by atoms with Gasteiger partial charge < -0.3 is 4.74 Å². The maximum Gasteiger partial charge on any atom is 0.119 e. The molecule has 1 aromatic carbocycles. The van der Waals surface area contributed by atoms with E-state index in [1.807, 2.05) is 12.1 Å². The van der Waals surface area contributed by atoms with E-state index in [1.165, 1.54) is 17.5 Å². The van der Waals surface area contributed by atoms with Gasteiger partial charge in [-0.25, -0.2) is 0 Å². The fourth-order valence-corrected chi connectivity index (χ4v) is 2.30. The minimum absolute atomic E-state index is 0.374. The summed E-state index contributed by atoms with van der Waals surface area (Å²) in [5, 5.41) is 8.58. The lowest BCUT2D eigenvalue weighted by Crippen LogP contribution is -2.08. The lowest BCUT2D eigenvalue weighted by Gasteiger charge is -2.23. The molecule has 0 bridgehead atoms. The molecular weight excluding hydrogens is 198 g/mol. The standard InChI is InChI=1S/C14H15NO/c1-16-13-8-7-12-5-2-4-11(6-3-9-15)14(12)10-13/h3,6-8,10-11H,2,4-5H2,1H3. The third-order valence-corrected chi connectivity index (χ3v) is 3.12. The number of allylic oxidation sites excluding steroid dienone is 2. The van der Waals surface area contributed by atoms with E-state index in [9.17, 15) is 0 Å². The molecule has 0 spiro atoms.